The number of ether oxygens (including phenoxy) is 4. The highest BCUT2D eigenvalue weighted by atomic mass is 19.1. The largest absolute Gasteiger partial charge is 0.493 e. The Bertz CT molecular complexity index is 1690. The van der Waals surface area contributed by atoms with E-state index in [2.05, 4.69) is 20.4 Å². The van der Waals surface area contributed by atoms with Gasteiger partial charge in [0.2, 0.25) is 0 Å². The van der Waals surface area contributed by atoms with Crippen LogP contribution in [0, 0.1) is 12.7 Å². The number of anilines is 1. The van der Waals surface area contributed by atoms with Crippen molar-refractivity contribution in [3.8, 4) is 34.4 Å². The second kappa shape index (κ2) is 11.3. The van der Waals surface area contributed by atoms with Gasteiger partial charge in [-0.2, -0.15) is 5.10 Å². The van der Waals surface area contributed by atoms with E-state index in [1.807, 2.05) is 0 Å². The van der Waals surface area contributed by atoms with Crippen LogP contribution in [-0.2, 0) is 0 Å². The van der Waals surface area contributed by atoms with Crippen LogP contribution in [0.2, 0.25) is 0 Å². The first-order chi connectivity index (χ1) is 19.4. The Kier molecular flexibility index (Phi) is 7.45. The van der Waals surface area contributed by atoms with Crippen LogP contribution in [-0.4, -0.2) is 46.5 Å². The normalized spacial score (nSPS) is 10.8. The molecule has 0 saturated carbocycles. The first-order valence-electron chi connectivity index (χ1n) is 12.3. The van der Waals surface area contributed by atoms with Crippen molar-refractivity contribution in [1.82, 2.24) is 19.7 Å². The third-order valence-electron chi connectivity index (χ3n) is 5.96. The van der Waals surface area contributed by atoms with E-state index in [9.17, 15) is 9.18 Å². The topological polar surface area (TPSA) is 110 Å². The summed E-state index contributed by atoms with van der Waals surface area (Å²) in [7, 11) is 3.11. The van der Waals surface area contributed by atoms with Gasteiger partial charge in [0.25, 0.3) is 5.91 Å². The van der Waals surface area contributed by atoms with Crippen molar-refractivity contribution in [3.63, 3.8) is 0 Å². The third kappa shape index (κ3) is 5.35. The highest BCUT2D eigenvalue weighted by Crippen LogP contribution is 2.36. The molecule has 2 aromatic carbocycles. The predicted octanol–water partition coefficient (Wildman–Crippen LogP) is 5.72. The quantitative estimate of drug-likeness (QED) is 0.251. The summed E-state index contributed by atoms with van der Waals surface area (Å²) in [6, 6.07) is 13.3. The lowest BCUT2D eigenvalue weighted by Crippen LogP contribution is -2.15. The van der Waals surface area contributed by atoms with E-state index in [1.54, 1.807) is 76.7 Å². The molecule has 3 aromatic heterocycles. The number of methoxy groups -OCH3 is 2. The van der Waals surface area contributed by atoms with Crippen molar-refractivity contribution >= 4 is 22.6 Å². The van der Waals surface area contributed by atoms with E-state index in [-0.39, 0.29) is 22.9 Å². The Morgan fingerprint density at radius 3 is 2.48 bits per heavy atom. The van der Waals surface area contributed by atoms with Crippen molar-refractivity contribution in [2.45, 2.75) is 13.8 Å². The lowest BCUT2D eigenvalue weighted by Gasteiger charge is -2.12. The number of hydrogen-bond acceptors (Lipinski definition) is 8. The van der Waals surface area contributed by atoms with Gasteiger partial charge in [0.1, 0.15) is 28.8 Å². The van der Waals surface area contributed by atoms with Crippen molar-refractivity contribution in [3.05, 3.63) is 84.2 Å². The fourth-order valence-electron chi connectivity index (χ4n) is 4.05. The molecule has 0 radical (unpaired) electrons. The number of nitrogens with zero attached hydrogens (tertiary/aromatic N) is 4. The second-order valence-corrected chi connectivity index (χ2v) is 8.64. The number of nitrogens with one attached hydrogen (secondary N) is 1. The first-order valence-corrected chi connectivity index (χ1v) is 12.3. The minimum absolute atomic E-state index is 0.00316. The third-order valence-corrected chi connectivity index (χ3v) is 5.96. The summed E-state index contributed by atoms with van der Waals surface area (Å²) in [4.78, 5) is 21.7. The molecule has 0 spiro atoms. The molecule has 0 fully saturated rings. The average molecular weight is 544 g/mol. The van der Waals surface area contributed by atoms with Crippen LogP contribution in [0.15, 0.2) is 67.1 Å². The summed E-state index contributed by atoms with van der Waals surface area (Å²) in [5.41, 5.74) is 1.63. The van der Waals surface area contributed by atoms with Crippen LogP contribution in [0.4, 0.5) is 10.2 Å². The van der Waals surface area contributed by atoms with Gasteiger partial charge in [0, 0.05) is 17.6 Å². The van der Waals surface area contributed by atoms with Gasteiger partial charge in [0.15, 0.2) is 22.9 Å². The molecule has 40 heavy (non-hydrogen) atoms. The molecule has 10 nitrogen and oxygen atoms in total. The number of rotatable bonds is 9. The predicted molar refractivity (Wildman–Crippen MR) is 147 cm³/mol. The summed E-state index contributed by atoms with van der Waals surface area (Å²) in [6.45, 7) is 3.87. The molecule has 0 aliphatic carbocycles. The van der Waals surface area contributed by atoms with Crippen LogP contribution in [0.3, 0.4) is 0 Å². The summed E-state index contributed by atoms with van der Waals surface area (Å²) in [5.74, 6) is 1.55. The SMILES string of the molecule is CCOc1cn(-c2ccc(C)cc2F)nc1C(=O)Nc1ccc(Oc2ccnc3cc(OC)c(OC)cc23)cn1. The smallest absolute Gasteiger partial charge is 0.281 e. The molecular weight excluding hydrogens is 517 g/mol. The second-order valence-electron chi connectivity index (χ2n) is 8.64. The maximum absolute atomic E-state index is 14.5. The molecule has 5 rings (SSSR count). The summed E-state index contributed by atoms with van der Waals surface area (Å²) in [5, 5.41) is 7.70. The maximum Gasteiger partial charge on any atom is 0.281 e. The maximum atomic E-state index is 14.5. The minimum atomic E-state index is -0.558. The van der Waals surface area contributed by atoms with Crippen LogP contribution in [0.25, 0.3) is 16.6 Å². The zero-order chi connectivity index (χ0) is 28.2. The van der Waals surface area contributed by atoms with Gasteiger partial charge in [-0.1, -0.05) is 6.07 Å². The number of pyridine rings is 2. The van der Waals surface area contributed by atoms with E-state index >= 15 is 0 Å². The Balaban J connectivity index is 1.35. The Hall–Kier alpha value is -5.19. The van der Waals surface area contributed by atoms with Crippen molar-refractivity contribution in [2.24, 2.45) is 0 Å². The molecule has 0 bridgehead atoms. The molecule has 0 aliphatic rings. The lowest BCUT2D eigenvalue weighted by molar-refractivity contribution is 0.101. The first kappa shape index (κ1) is 26.4. The summed E-state index contributed by atoms with van der Waals surface area (Å²) < 4.78 is 38.2. The number of aryl methyl sites for hydroxylation is 1. The van der Waals surface area contributed by atoms with Crippen molar-refractivity contribution in [1.29, 1.82) is 0 Å². The molecule has 5 aromatic rings. The fraction of sp³-hybridized carbons (Fsp3) is 0.172. The van der Waals surface area contributed by atoms with E-state index in [0.717, 1.165) is 10.9 Å². The molecule has 0 aliphatic heterocycles. The molecule has 11 heteroatoms. The van der Waals surface area contributed by atoms with Gasteiger partial charge in [-0.05, 0) is 55.8 Å². The highest BCUT2D eigenvalue weighted by Gasteiger charge is 2.21. The molecule has 204 valence electrons. The van der Waals surface area contributed by atoms with Crippen molar-refractivity contribution < 1.29 is 28.1 Å². The molecular formula is C29H26FN5O5. The molecule has 0 atom stereocenters. The van der Waals surface area contributed by atoms with E-state index < -0.39 is 11.7 Å². The average Bonchev–Trinajstić information content (AvgIpc) is 3.37. The van der Waals surface area contributed by atoms with Crippen LogP contribution >= 0.6 is 0 Å². The minimum Gasteiger partial charge on any atom is -0.493 e. The van der Waals surface area contributed by atoms with E-state index in [0.29, 0.717) is 35.1 Å². The van der Waals surface area contributed by atoms with Crippen LogP contribution in [0.1, 0.15) is 23.0 Å². The van der Waals surface area contributed by atoms with Crippen molar-refractivity contribution in [2.75, 3.05) is 26.1 Å². The van der Waals surface area contributed by atoms with Gasteiger partial charge in [-0.3, -0.25) is 9.78 Å². The number of amides is 1. The number of fused-ring (bicyclic) bond motifs is 1. The fourth-order valence-corrected chi connectivity index (χ4v) is 4.05. The van der Waals surface area contributed by atoms with Gasteiger partial charge in [0.05, 0.1) is 38.7 Å². The Morgan fingerprint density at radius 2 is 1.77 bits per heavy atom. The van der Waals surface area contributed by atoms with E-state index in [1.165, 1.54) is 23.1 Å². The summed E-state index contributed by atoms with van der Waals surface area (Å²) in [6.07, 6.45) is 4.58. The molecule has 0 saturated heterocycles. The zero-order valence-corrected chi connectivity index (χ0v) is 22.3. The van der Waals surface area contributed by atoms with E-state index in [4.69, 9.17) is 18.9 Å². The van der Waals surface area contributed by atoms with Crippen LogP contribution in [0.5, 0.6) is 28.7 Å². The number of carbonyl (C=O) groups is 1. The lowest BCUT2D eigenvalue weighted by atomic mass is 10.2. The Morgan fingerprint density at radius 1 is 0.975 bits per heavy atom. The number of hydrogen-bond donors (Lipinski definition) is 1. The molecule has 1 amide bonds. The Labute approximate surface area is 229 Å². The number of aromatic nitrogens is 4. The number of benzene rings is 2. The van der Waals surface area contributed by atoms with Gasteiger partial charge < -0.3 is 24.3 Å². The van der Waals surface area contributed by atoms with Gasteiger partial charge >= 0.3 is 0 Å². The molecule has 0 unspecified atom stereocenters. The van der Waals surface area contributed by atoms with Crippen LogP contribution < -0.4 is 24.3 Å². The highest BCUT2D eigenvalue weighted by molar-refractivity contribution is 6.04. The molecule has 1 N–H and O–H groups in total. The monoisotopic (exact) mass is 543 g/mol. The van der Waals surface area contributed by atoms with Gasteiger partial charge in [-0.15, -0.1) is 0 Å². The number of halogens is 1. The summed E-state index contributed by atoms with van der Waals surface area (Å²) >= 11 is 0. The standard InChI is InChI=1S/C29H26FN5O5/c1-5-39-26-16-35(22-8-6-17(2)12-20(22)30)34-28(26)29(36)33-27-9-7-18(15-32-27)40-23-10-11-31-21-14-25(38-4)24(37-3)13-19(21)23/h6-16H,5H2,1-4H3,(H,32,33,36). The number of carbonyl (C=O) groups excluding carboxylic acids is 1. The van der Waals surface area contributed by atoms with Gasteiger partial charge in [-0.25, -0.2) is 14.1 Å². The zero-order valence-electron chi connectivity index (χ0n) is 22.3. The molecule has 3 heterocycles.